The van der Waals surface area contributed by atoms with Gasteiger partial charge in [0.05, 0.1) is 0 Å². The molecule has 1 aliphatic rings. The van der Waals surface area contributed by atoms with Crippen molar-refractivity contribution in [1.82, 2.24) is 0 Å². The molecule has 0 spiro atoms. The highest BCUT2D eigenvalue weighted by atomic mass is 79.9. The van der Waals surface area contributed by atoms with Crippen molar-refractivity contribution in [2.45, 2.75) is 137 Å². The molecule has 5 aromatic carbocycles. The maximum atomic E-state index is 12.2. The van der Waals surface area contributed by atoms with E-state index >= 15 is 0 Å². The highest BCUT2D eigenvalue weighted by molar-refractivity contribution is 9.10. The lowest BCUT2D eigenvalue weighted by Crippen LogP contribution is -2.15. The summed E-state index contributed by atoms with van der Waals surface area (Å²) in [4.78, 5) is 0. The number of fused-ring (bicyclic) bond motifs is 10. The predicted octanol–water partition coefficient (Wildman–Crippen LogP) is 12.4. The van der Waals surface area contributed by atoms with Gasteiger partial charge in [-0.3, -0.25) is 0 Å². The average molecular weight is 834 g/mol. The average Bonchev–Trinajstić information content (AvgIpc) is 3.07. The molecular formula is C51H61BrO5. The van der Waals surface area contributed by atoms with Crippen LogP contribution in [0.25, 0.3) is 0 Å². The molecule has 0 unspecified atom stereocenters. The standard InChI is InChI=1S/C51H61BrO5/c1-48(2,3)38-18-28-13-29-19-39(49(4,5)6)21-31(44(29)54)15-33-23-41(51(10,11)12)25-35(46(33)56)17-37-27-42(52)26-36(47(37)57)16-34-24-40(50(7,8)9)22-32(45(34)55)14-30(20-38)43(28)53/h18-27,53-57H,13-17H2,1-12H3. The maximum absolute atomic E-state index is 12.2. The zero-order chi connectivity index (χ0) is 42.2. The van der Waals surface area contributed by atoms with Crippen LogP contribution in [0.1, 0.15) is 161 Å². The SMILES string of the molecule is CC(C)(C)c1cc2c(O)c(c1)Cc1cc(C(C)(C)C)cc(c1O)Cc1cc(C(C)(C)C)cc(c1O)Cc1cc(C(C)(C)C)cc(c1O)Cc1cc(Br)cc(c1O)C2. The quantitative estimate of drug-likeness (QED) is 0.105. The van der Waals surface area contributed by atoms with E-state index in [1.54, 1.807) is 0 Å². The van der Waals surface area contributed by atoms with Crippen LogP contribution in [0.3, 0.4) is 0 Å². The summed E-state index contributed by atoms with van der Waals surface area (Å²) in [5, 5.41) is 60.4. The number of aromatic hydroxyl groups is 5. The fourth-order valence-electron chi connectivity index (χ4n) is 7.86. The number of phenolic OH excluding ortho intramolecular Hbond substituents is 5. The first-order chi connectivity index (χ1) is 26.2. The van der Waals surface area contributed by atoms with E-state index in [4.69, 9.17) is 0 Å². The van der Waals surface area contributed by atoms with Crippen LogP contribution in [0.2, 0.25) is 0 Å². The van der Waals surface area contributed by atoms with Crippen molar-refractivity contribution in [2.24, 2.45) is 0 Å². The predicted molar refractivity (Wildman–Crippen MR) is 237 cm³/mol. The molecule has 0 heterocycles. The zero-order valence-electron chi connectivity index (χ0n) is 35.9. The van der Waals surface area contributed by atoms with E-state index in [-0.39, 0.29) is 82.5 Å². The van der Waals surface area contributed by atoms with Crippen LogP contribution < -0.4 is 0 Å². The Balaban J connectivity index is 1.71. The first-order valence-corrected chi connectivity index (χ1v) is 20.9. The van der Waals surface area contributed by atoms with Crippen molar-refractivity contribution in [1.29, 1.82) is 0 Å². The van der Waals surface area contributed by atoms with Crippen LogP contribution >= 0.6 is 15.9 Å². The van der Waals surface area contributed by atoms with Gasteiger partial charge in [0.2, 0.25) is 0 Å². The van der Waals surface area contributed by atoms with Gasteiger partial charge in [0.25, 0.3) is 0 Å². The summed E-state index contributed by atoms with van der Waals surface area (Å²) in [5.41, 5.74) is 9.88. The first kappa shape index (κ1) is 42.2. The third-order valence-corrected chi connectivity index (χ3v) is 12.1. The first-order valence-electron chi connectivity index (χ1n) is 20.1. The van der Waals surface area contributed by atoms with Crippen LogP contribution in [-0.2, 0) is 53.8 Å². The lowest BCUT2D eigenvalue weighted by atomic mass is 9.80. The maximum Gasteiger partial charge on any atom is 0.122 e. The van der Waals surface area contributed by atoms with Crippen LogP contribution in [0.15, 0.2) is 65.1 Å². The smallest absolute Gasteiger partial charge is 0.122 e. The van der Waals surface area contributed by atoms with E-state index in [9.17, 15) is 25.5 Å². The molecule has 1 aliphatic carbocycles. The minimum absolute atomic E-state index is 0.108. The van der Waals surface area contributed by atoms with E-state index in [0.717, 1.165) is 26.7 Å². The Morgan fingerprint density at radius 2 is 0.439 bits per heavy atom. The molecule has 0 aromatic heterocycles. The number of hydrogen-bond donors (Lipinski definition) is 5. The van der Waals surface area contributed by atoms with Gasteiger partial charge < -0.3 is 25.5 Å². The molecule has 10 bridgehead atoms. The van der Waals surface area contributed by atoms with Gasteiger partial charge >= 0.3 is 0 Å². The van der Waals surface area contributed by atoms with E-state index in [2.05, 4.69) is 99.0 Å². The Hall–Kier alpha value is -4.42. The second kappa shape index (κ2) is 14.8. The van der Waals surface area contributed by atoms with E-state index in [1.165, 1.54) is 0 Å². The molecule has 0 aliphatic heterocycles. The normalized spacial score (nSPS) is 14.1. The lowest BCUT2D eigenvalue weighted by molar-refractivity contribution is 0.449. The number of benzene rings is 5. The Morgan fingerprint density at radius 1 is 0.298 bits per heavy atom. The van der Waals surface area contributed by atoms with Gasteiger partial charge in [-0.2, -0.15) is 0 Å². The van der Waals surface area contributed by atoms with E-state index < -0.39 is 0 Å². The Kier molecular flexibility index (Phi) is 10.9. The van der Waals surface area contributed by atoms with Crippen molar-refractivity contribution in [3.05, 3.63) is 143 Å². The highest BCUT2D eigenvalue weighted by Crippen LogP contribution is 2.43. The van der Waals surface area contributed by atoms with Gasteiger partial charge in [0, 0.05) is 36.6 Å². The second-order valence-electron chi connectivity index (χ2n) is 20.5. The summed E-state index contributed by atoms with van der Waals surface area (Å²) in [7, 11) is 0. The highest BCUT2D eigenvalue weighted by Gasteiger charge is 2.27. The second-order valence-corrected chi connectivity index (χ2v) is 21.4. The summed E-state index contributed by atoms with van der Waals surface area (Å²) < 4.78 is 0.777. The Labute approximate surface area is 348 Å². The van der Waals surface area contributed by atoms with Crippen LogP contribution in [0.5, 0.6) is 28.7 Å². The molecule has 0 saturated carbocycles. The zero-order valence-corrected chi connectivity index (χ0v) is 37.5. The van der Waals surface area contributed by atoms with Gasteiger partial charge in [-0.15, -0.1) is 0 Å². The molecule has 6 rings (SSSR count). The summed E-state index contributed by atoms with van der Waals surface area (Å²) >= 11 is 3.70. The molecule has 5 N–H and O–H groups in total. The van der Waals surface area contributed by atoms with Crippen molar-refractivity contribution in [3.8, 4) is 28.7 Å². The summed E-state index contributed by atoms with van der Waals surface area (Å²) in [5.74, 6) is 0.630. The molecule has 302 valence electrons. The van der Waals surface area contributed by atoms with Crippen molar-refractivity contribution in [3.63, 3.8) is 0 Å². The van der Waals surface area contributed by atoms with Crippen LogP contribution in [0, 0.1) is 0 Å². The summed E-state index contributed by atoms with van der Waals surface area (Å²) in [6.45, 7) is 25.7. The molecular weight excluding hydrogens is 772 g/mol. The van der Waals surface area contributed by atoms with Gasteiger partial charge in [-0.1, -0.05) is 148 Å². The molecule has 6 heteroatoms. The largest absolute Gasteiger partial charge is 0.507 e. The number of halogens is 1. The van der Waals surface area contributed by atoms with Gasteiger partial charge in [-0.05, 0) is 112 Å². The summed E-state index contributed by atoms with van der Waals surface area (Å²) in [6, 6.07) is 20.1. The third-order valence-electron chi connectivity index (χ3n) is 11.7. The molecule has 5 nitrogen and oxygen atoms in total. The molecule has 0 saturated heterocycles. The molecule has 0 atom stereocenters. The molecule has 5 aromatic rings. The fraction of sp³-hybridized carbons (Fsp3) is 0.412. The Morgan fingerprint density at radius 3 is 0.579 bits per heavy atom. The number of hydrogen-bond acceptors (Lipinski definition) is 5. The lowest BCUT2D eigenvalue weighted by Gasteiger charge is -2.26. The van der Waals surface area contributed by atoms with Crippen LogP contribution in [-0.4, -0.2) is 25.5 Å². The van der Waals surface area contributed by atoms with Crippen molar-refractivity contribution in [2.75, 3.05) is 0 Å². The minimum atomic E-state index is -0.255. The third kappa shape index (κ3) is 8.87. The molecule has 57 heavy (non-hydrogen) atoms. The molecule has 0 fully saturated rings. The van der Waals surface area contributed by atoms with Crippen LogP contribution in [0.4, 0.5) is 0 Å². The number of phenols is 5. The number of rotatable bonds is 0. The topological polar surface area (TPSA) is 101 Å². The van der Waals surface area contributed by atoms with E-state index in [1.807, 2.05) is 60.7 Å². The van der Waals surface area contributed by atoms with Gasteiger partial charge in [0.1, 0.15) is 28.7 Å². The van der Waals surface area contributed by atoms with E-state index in [0.29, 0.717) is 55.6 Å². The molecule has 0 amide bonds. The molecule has 0 radical (unpaired) electrons. The summed E-state index contributed by atoms with van der Waals surface area (Å²) in [6.07, 6.45) is 1.38. The van der Waals surface area contributed by atoms with Crippen molar-refractivity contribution >= 4 is 15.9 Å². The van der Waals surface area contributed by atoms with Gasteiger partial charge in [0.15, 0.2) is 0 Å². The van der Waals surface area contributed by atoms with Gasteiger partial charge in [-0.25, -0.2) is 0 Å². The monoisotopic (exact) mass is 832 g/mol. The van der Waals surface area contributed by atoms with Crippen molar-refractivity contribution < 1.29 is 25.5 Å². The minimum Gasteiger partial charge on any atom is -0.507 e. The Bertz CT molecular complexity index is 2210. The fourth-order valence-corrected chi connectivity index (χ4v) is 8.42.